The molecule has 1 aromatic heterocycles. The Morgan fingerprint density at radius 1 is 1.11 bits per heavy atom. The molecule has 0 bridgehead atoms. The molecule has 1 aliphatic heterocycles. The van der Waals surface area contributed by atoms with E-state index < -0.39 is 0 Å². The maximum Gasteiger partial charge on any atom is 0.129 e. The molecule has 2 nitrogen and oxygen atoms in total. The number of para-hydroxylation sites is 1. The molecule has 3 rings (SSSR count). The Hall–Kier alpha value is -1.54. The molecule has 92 valence electrons. The molecule has 0 unspecified atom stereocenters. The summed E-state index contributed by atoms with van der Waals surface area (Å²) in [6.45, 7) is 1.92. The molecule has 1 aliphatic rings. The summed E-state index contributed by atoms with van der Waals surface area (Å²) >= 11 is 5.93. The topological polar surface area (TPSA) is 16.1 Å². The number of fused-ring (bicyclic) bond motifs is 1. The van der Waals surface area contributed by atoms with Crippen LogP contribution in [0.2, 0.25) is 5.15 Å². The van der Waals surface area contributed by atoms with Crippen LogP contribution in [0.1, 0.15) is 17.7 Å². The quantitative estimate of drug-likeness (QED) is 0.764. The molecule has 0 aliphatic carbocycles. The highest BCUT2D eigenvalue weighted by atomic mass is 35.5. The first-order valence-corrected chi connectivity index (χ1v) is 6.65. The first kappa shape index (κ1) is 11.5. The lowest BCUT2D eigenvalue weighted by molar-refractivity contribution is 0.684. The molecule has 0 fully saturated rings. The number of nitrogens with zero attached hydrogens (tertiary/aromatic N) is 2. The monoisotopic (exact) mass is 258 g/mol. The predicted molar refractivity (Wildman–Crippen MR) is 75.1 cm³/mol. The summed E-state index contributed by atoms with van der Waals surface area (Å²) < 4.78 is 0. The van der Waals surface area contributed by atoms with Crippen molar-refractivity contribution in [2.24, 2.45) is 0 Å². The largest absolute Gasteiger partial charge is 0.365 e. The fourth-order valence-corrected chi connectivity index (χ4v) is 2.69. The molecule has 2 aromatic rings. The summed E-state index contributed by atoms with van der Waals surface area (Å²) in [5.74, 6) is 0. The number of anilines is 1. The molecule has 1 aromatic carbocycles. The lowest BCUT2D eigenvalue weighted by atomic mass is 10.0. The molecular formula is C15H15ClN2. The first-order valence-electron chi connectivity index (χ1n) is 6.27. The van der Waals surface area contributed by atoms with Crippen LogP contribution in [-0.2, 0) is 13.0 Å². The van der Waals surface area contributed by atoms with E-state index in [4.69, 9.17) is 11.6 Å². The number of aromatic nitrogens is 1. The summed E-state index contributed by atoms with van der Waals surface area (Å²) in [6.07, 6.45) is 2.38. The third kappa shape index (κ3) is 2.34. The second-order valence-electron chi connectivity index (χ2n) is 4.61. The van der Waals surface area contributed by atoms with Gasteiger partial charge in [0.05, 0.1) is 12.2 Å². The zero-order valence-electron chi connectivity index (χ0n) is 10.1. The van der Waals surface area contributed by atoms with E-state index in [-0.39, 0.29) is 0 Å². The zero-order valence-corrected chi connectivity index (χ0v) is 10.9. The standard InChI is InChI=1S/C15H15ClN2/c16-15-9-3-7-13(17-15)11-18-10-4-6-12-5-1-2-8-14(12)18/h1-3,5,7-9H,4,6,10-11H2. The normalized spacial score (nSPS) is 14.4. The average Bonchev–Trinajstić information content (AvgIpc) is 2.39. The van der Waals surface area contributed by atoms with Gasteiger partial charge in [-0.3, -0.25) is 0 Å². The molecule has 2 heterocycles. The molecule has 0 saturated heterocycles. The Bertz CT molecular complexity index is 554. The van der Waals surface area contributed by atoms with E-state index in [1.165, 1.54) is 24.1 Å². The van der Waals surface area contributed by atoms with Gasteiger partial charge in [0.2, 0.25) is 0 Å². The molecule has 0 N–H and O–H groups in total. The summed E-state index contributed by atoms with van der Waals surface area (Å²) in [5.41, 5.74) is 3.80. The number of aryl methyl sites for hydroxylation is 1. The molecular weight excluding hydrogens is 244 g/mol. The summed E-state index contributed by atoms with van der Waals surface area (Å²) in [5, 5.41) is 0.567. The smallest absolute Gasteiger partial charge is 0.129 e. The van der Waals surface area contributed by atoms with Crippen molar-refractivity contribution in [1.82, 2.24) is 4.98 Å². The highest BCUT2D eigenvalue weighted by Gasteiger charge is 2.16. The minimum atomic E-state index is 0.567. The third-order valence-corrected chi connectivity index (χ3v) is 3.54. The van der Waals surface area contributed by atoms with E-state index in [9.17, 15) is 0 Å². The van der Waals surface area contributed by atoms with Gasteiger partial charge in [-0.25, -0.2) is 4.98 Å². The van der Waals surface area contributed by atoms with Crippen molar-refractivity contribution in [3.8, 4) is 0 Å². The molecule has 3 heteroatoms. The highest BCUT2D eigenvalue weighted by molar-refractivity contribution is 6.29. The van der Waals surface area contributed by atoms with E-state index in [2.05, 4.69) is 34.1 Å². The number of hydrogen-bond acceptors (Lipinski definition) is 2. The highest BCUT2D eigenvalue weighted by Crippen LogP contribution is 2.27. The first-order chi connectivity index (χ1) is 8.83. The van der Waals surface area contributed by atoms with Gasteiger partial charge >= 0.3 is 0 Å². The minimum Gasteiger partial charge on any atom is -0.365 e. The van der Waals surface area contributed by atoms with Crippen molar-refractivity contribution in [2.45, 2.75) is 19.4 Å². The van der Waals surface area contributed by atoms with Gasteiger partial charge in [-0.2, -0.15) is 0 Å². The summed E-state index contributed by atoms with van der Waals surface area (Å²) in [4.78, 5) is 6.75. The Morgan fingerprint density at radius 3 is 2.89 bits per heavy atom. The second kappa shape index (κ2) is 4.99. The van der Waals surface area contributed by atoms with Crippen LogP contribution in [0.15, 0.2) is 42.5 Å². The van der Waals surface area contributed by atoms with Crippen LogP contribution < -0.4 is 4.90 Å². The lowest BCUT2D eigenvalue weighted by Gasteiger charge is -2.31. The number of pyridine rings is 1. The van der Waals surface area contributed by atoms with Crippen LogP contribution in [0.25, 0.3) is 0 Å². The second-order valence-corrected chi connectivity index (χ2v) is 4.99. The van der Waals surface area contributed by atoms with Gasteiger partial charge in [-0.15, -0.1) is 0 Å². The van der Waals surface area contributed by atoms with E-state index in [0.717, 1.165) is 18.8 Å². The molecule has 0 spiro atoms. The van der Waals surface area contributed by atoms with Gasteiger partial charge in [0.25, 0.3) is 0 Å². The summed E-state index contributed by atoms with van der Waals surface area (Å²) in [6, 6.07) is 14.4. The van der Waals surface area contributed by atoms with Crippen LogP contribution in [0.5, 0.6) is 0 Å². The van der Waals surface area contributed by atoms with Crippen molar-refractivity contribution in [1.29, 1.82) is 0 Å². The van der Waals surface area contributed by atoms with Gasteiger partial charge < -0.3 is 4.90 Å². The fraction of sp³-hybridized carbons (Fsp3) is 0.267. The predicted octanol–water partition coefficient (Wildman–Crippen LogP) is 3.69. The molecule has 0 saturated carbocycles. The van der Waals surface area contributed by atoms with Crippen molar-refractivity contribution in [2.75, 3.05) is 11.4 Å². The van der Waals surface area contributed by atoms with Gasteiger partial charge in [-0.1, -0.05) is 35.9 Å². The van der Waals surface area contributed by atoms with Crippen LogP contribution in [-0.4, -0.2) is 11.5 Å². The fourth-order valence-electron chi connectivity index (χ4n) is 2.51. The van der Waals surface area contributed by atoms with Crippen LogP contribution in [0.4, 0.5) is 5.69 Å². The third-order valence-electron chi connectivity index (χ3n) is 3.33. The van der Waals surface area contributed by atoms with Crippen LogP contribution >= 0.6 is 11.6 Å². The number of rotatable bonds is 2. The molecule has 0 atom stereocenters. The van der Waals surface area contributed by atoms with Crippen molar-refractivity contribution in [3.63, 3.8) is 0 Å². The van der Waals surface area contributed by atoms with Gasteiger partial charge in [0, 0.05) is 12.2 Å². The van der Waals surface area contributed by atoms with E-state index >= 15 is 0 Å². The molecule has 0 radical (unpaired) electrons. The Morgan fingerprint density at radius 2 is 2.00 bits per heavy atom. The average molecular weight is 259 g/mol. The van der Waals surface area contributed by atoms with Gasteiger partial charge in [0.1, 0.15) is 5.15 Å². The van der Waals surface area contributed by atoms with Crippen molar-refractivity contribution >= 4 is 17.3 Å². The van der Waals surface area contributed by atoms with E-state index in [0.29, 0.717) is 5.15 Å². The number of benzene rings is 1. The lowest BCUT2D eigenvalue weighted by Crippen LogP contribution is -2.29. The zero-order chi connectivity index (χ0) is 12.4. The van der Waals surface area contributed by atoms with Crippen molar-refractivity contribution < 1.29 is 0 Å². The van der Waals surface area contributed by atoms with Gasteiger partial charge in [-0.05, 0) is 36.6 Å². The van der Waals surface area contributed by atoms with Gasteiger partial charge in [0.15, 0.2) is 0 Å². The number of halogens is 1. The van der Waals surface area contributed by atoms with E-state index in [1.54, 1.807) is 0 Å². The maximum atomic E-state index is 5.93. The van der Waals surface area contributed by atoms with E-state index in [1.807, 2.05) is 18.2 Å². The minimum absolute atomic E-state index is 0.567. The Balaban J connectivity index is 1.86. The SMILES string of the molecule is Clc1cccc(CN2CCCc3ccccc32)n1. The number of hydrogen-bond donors (Lipinski definition) is 0. The maximum absolute atomic E-state index is 5.93. The van der Waals surface area contributed by atoms with Crippen molar-refractivity contribution in [3.05, 3.63) is 58.9 Å². The van der Waals surface area contributed by atoms with Crippen LogP contribution in [0.3, 0.4) is 0 Å². The summed E-state index contributed by atoms with van der Waals surface area (Å²) in [7, 11) is 0. The molecule has 0 amide bonds. The molecule has 18 heavy (non-hydrogen) atoms. The Labute approximate surface area is 112 Å². The van der Waals surface area contributed by atoms with Crippen LogP contribution in [0, 0.1) is 0 Å². The Kier molecular flexibility index (Phi) is 3.20.